The molecule has 0 spiro atoms. The molecule has 112 valence electrons. The molecule has 0 amide bonds. The topological polar surface area (TPSA) is 80.4 Å². The van der Waals surface area contributed by atoms with Crippen LogP contribution in [0.15, 0.2) is 17.2 Å². The molecule has 0 unspecified atom stereocenters. The number of nitrogens with one attached hydrogen (secondary N) is 1. The summed E-state index contributed by atoms with van der Waals surface area (Å²) in [5, 5.41) is 1.80. The lowest BCUT2D eigenvalue weighted by Crippen LogP contribution is -2.44. The fourth-order valence-corrected chi connectivity index (χ4v) is 3.88. The van der Waals surface area contributed by atoms with Crippen LogP contribution in [0.5, 0.6) is 0 Å². The van der Waals surface area contributed by atoms with Crippen molar-refractivity contribution in [1.82, 2.24) is 14.4 Å². The Balaban J connectivity index is 1.79. The maximum Gasteiger partial charge on any atom is 0.254 e. The first-order valence-corrected chi connectivity index (χ1v) is 8.77. The molecule has 0 bridgehead atoms. The lowest BCUT2D eigenvalue weighted by Gasteiger charge is -2.26. The summed E-state index contributed by atoms with van der Waals surface area (Å²) in [5.74, 6) is 0. The number of rotatable bonds is 5. The summed E-state index contributed by atoms with van der Waals surface area (Å²) in [4.78, 5) is 3.02. The molecule has 6 nitrogen and oxygen atoms in total. The van der Waals surface area contributed by atoms with Crippen molar-refractivity contribution in [3.63, 3.8) is 0 Å². The highest BCUT2D eigenvalue weighted by molar-refractivity contribution is 7.89. The Kier molecular flexibility index (Phi) is 3.85. The molecule has 1 aliphatic carbocycles. The third kappa shape index (κ3) is 2.90. The minimum atomic E-state index is -3.48. The van der Waals surface area contributed by atoms with Gasteiger partial charge in [0.1, 0.15) is 4.90 Å². The molecule has 0 aromatic carbocycles. The standard InChI is InChI=1S/C13H22N4O2S/c14-9-12-8-13(10-17(12)11-4-5-11)20(18,19)15-16-6-2-1-3-7-16/h8,10-11,15H,1-7,9,14H2. The van der Waals surface area contributed by atoms with Crippen molar-refractivity contribution < 1.29 is 8.42 Å². The van der Waals surface area contributed by atoms with Gasteiger partial charge in [-0.05, 0) is 31.7 Å². The summed E-state index contributed by atoms with van der Waals surface area (Å²) < 4.78 is 26.9. The molecular formula is C13H22N4O2S. The Labute approximate surface area is 120 Å². The van der Waals surface area contributed by atoms with Crippen LogP contribution in [0.2, 0.25) is 0 Å². The van der Waals surface area contributed by atoms with E-state index in [2.05, 4.69) is 4.83 Å². The van der Waals surface area contributed by atoms with Gasteiger partial charge >= 0.3 is 0 Å². The maximum atomic E-state index is 12.4. The molecule has 20 heavy (non-hydrogen) atoms. The molecule has 1 saturated heterocycles. The summed E-state index contributed by atoms with van der Waals surface area (Å²) in [6.07, 6.45) is 7.21. The SMILES string of the molecule is NCc1cc(S(=O)(=O)NN2CCCCC2)cn1C1CC1. The molecule has 2 fully saturated rings. The first kappa shape index (κ1) is 14.1. The smallest absolute Gasteiger partial charge is 0.254 e. The number of aromatic nitrogens is 1. The van der Waals surface area contributed by atoms with E-state index < -0.39 is 10.0 Å². The lowest BCUT2D eigenvalue weighted by molar-refractivity contribution is 0.200. The van der Waals surface area contributed by atoms with Crippen LogP contribution in [0.3, 0.4) is 0 Å². The monoisotopic (exact) mass is 298 g/mol. The molecule has 1 aromatic rings. The zero-order valence-electron chi connectivity index (χ0n) is 11.6. The van der Waals surface area contributed by atoms with Gasteiger partial charge in [-0.2, -0.15) is 0 Å². The molecule has 1 aliphatic heterocycles. The largest absolute Gasteiger partial charge is 0.346 e. The maximum absolute atomic E-state index is 12.4. The minimum absolute atomic E-state index is 0.329. The number of nitrogens with two attached hydrogens (primary N) is 1. The van der Waals surface area contributed by atoms with Crippen LogP contribution in [0, 0.1) is 0 Å². The van der Waals surface area contributed by atoms with E-state index in [-0.39, 0.29) is 0 Å². The number of nitrogens with zero attached hydrogens (tertiary/aromatic N) is 2. The third-order valence-corrected chi connectivity index (χ3v) is 5.31. The second-order valence-electron chi connectivity index (χ2n) is 5.65. The van der Waals surface area contributed by atoms with Crippen LogP contribution in [-0.2, 0) is 16.6 Å². The molecule has 1 aromatic heterocycles. The number of sulfonamides is 1. The number of hydrogen-bond acceptors (Lipinski definition) is 4. The number of piperidine rings is 1. The Morgan fingerprint density at radius 3 is 2.55 bits per heavy atom. The average Bonchev–Trinajstić information content (AvgIpc) is 3.18. The second-order valence-corrected chi connectivity index (χ2v) is 7.31. The van der Waals surface area contributed by atoms with Gasteiger partial charge in [-0.1, -0.05) is 6.42 Å². The van der Waals surface area contributed by atoms with Crippen molar-refractivity contribution >= 4 is 10.0 Å². The molecule has 2 heterocycles. The van der Waals surface area contributed by atoms with E-state index in [4.69, 9.17) is 5.73 Å². The third-order valence-electron chi connectivity index (χ3n) is 3.97. The van der Waals surface area contributed by atoms with Crippen LogP contribution < -0.4 is 10.6 Å². The van der Waals surface area contributed by atoms with Crippen molar-refractivity contribution in [2.45, 2.75) is 49.6 Å². The summed E-state index contributed by atoms with van der Waals surface area (Å²) in [6.45, 7) is 1.94. The zero-order valence-corrected chi connectivity index (χ0v) is 12.4. The second kappa shape index (κ2) is 5.48. The minimum Gasteiger partial charge on any atom is -0.346 e. The summed E-state index contributed by atoms with van der Waals surface area (Å²) >= 11 is 0. The van der Waals surface area contributed by atoms with Crippen LogP contribution in [0.1, 0.15) is 43.8 Å². The van der Waals surface area contributed by atoms with Gasteiger partial charge in [-0.15, -0.1) is 4.83 Å². The number of hydrogen-bond donors (Lipinski definition) is 2. The van der Waals surface area contributed by atoms with Crippen LogP contribution in [-0.4, -0.2) is 31.1 Å². The molecule has 0 atom stereocenters. The van der Waals surface area contributed by atoms with E-state index in [1.165, 1.54) is 6.42 Å². The first-order chi connectivity index (χ1) is 9.60. The summed E-state index contributed by atoms with van der Waals surface area (Å²) in [7, 11) is -3.48. The zero-order chi connectivity index (χ0) is 14.2. The van der Waals surface area contributed by atoms with E-state index in [1.807, 2.05) is 4.57 Å². The highest BCUT2D eigenvalue weighted by atomic mass is 32.2. The Bertz CT molecular complexity index is 571. The van der Waals surface area contributed by atoms with Gasteiger partial charge in [0.05, 0.1) is 0 Å². The van der Waals surface area contributed by atoms with Crippen molar-refractivity contribution in [2.75, 3.05) is 13.1 Å². The van der Waals surface area contributed by atoms with Gasteiger partial charge in [-0.3, -0.25) is 0 Å². The highest BCUT2D eigenvalue weighted by Gasteiger charge is 2.28. The van der Waals surface area contributed by atoms with E-state index in [0.29, 0.717) is 17.5 Å². The molecule has 3 N–H and O–H groups in total. The van der Waals surface area contributed by atoms with E-state index in [1.54, 1.807) is 17.3 Å². The normalized spacial score (nSPS) is 21.2. The molecule has 7 heteroatoms. The lowest BCUT2D eigenvalue weighted by atomic mass is 10.2. The molecule has 0 radical (unpaired) electrons. The van der Waals surface area contributed by atoms with Gasteiger partial charge in [0.25, 0.3) is 10.0 Å². The summed E-state index contributed by atoms with van der Waals surface area (Å²) in [5.41, 5.74) is 6.61. The Morgan fingerprint density at radius 1 is 1.25 bits per heavy atom. The van der Waals surface area contributed by atoms with Gasteiger partial charge in [0.15, 0.2) is 0 Å². The van der Waals surface area contributed by atoms with Gasteiger partial charge in [0, 0.05) is 37.6 Å². The highest BCUT2D eigenvalue weighted by Crippen LogP contribution is 2.37. The molecule has 2 aliphatic rings. The predicted octanol–water partition coefficient (Wildman–Crippen LogP) is 0.961. The molecule has 3 rings (SSSR count). The Morgan fingerprint density at radius 2 is 1.95 bits per heavy atom. The fourth-order valence-electron chi connectivity index (χ4n) is 2.71. The molecular weight excluding hydrogens is 276 g/mol. The van der Waals surface area contributed by atoms with Crippen molar-refractivity contribution in [2.24, 2.45) is 5.73 Å². The van der Waals surface area contributed by atoms with E-state index >= 15 is 0 Å². The van der Waals surface area contributed by atoms with Gasteiger partial charge in [0.2, 0.25) is 0 Å². The van der Waals surface area contributed by atoms with Crippen molar-refractivity contribution in [3.8, 4) is 0 Å². The predicted molar refractivity (Wildman–Crippen MR) is 76.3 cm³/mol. The Hall–Kier alpha value is -0.890. The quantitative estimate of drug-likeness (QED) is 0.848. The summed E-state index contributed by atoms with van der Waals surface area (Å²) in [6, 6.07) is 2.14. The van der Waals surface area contributed by atoms with E-state index in [0.717, 1.165) is 44.5 Å². The van der Waals surface area contributed by atoms with Crippen molar-refractivity contribution in [3.05, 3.63) is 18.0 Å². The first-order valence-electron chi connectivity index (χ1n) is 7.28. The van der Waals surface area contributed by atoms with Crippen molar-refractivity contribution in [1.29, 1.82) is 0 Å². The van der Waals surface area contributed by atoms with Gasteiger partial charge < -0.3 is 10.3 Å². The fraction of sp³-hybridized carbons (Fsp3) is 0.692. The van der Waals surface area contributed by atoms with E-state index in [9.17, 15) is 8.42 Å². The van der Waals surface area contributed by atoms with Crippen LogP contribution in [0.25, 0.3) is 0 Å². The number of hydrazine groups is 1. The van der Waals surface area contributed by atoms with Crippen LogP contribution >= 0.6 is 0 Å². The molecule has 1 saturated carbocycles. The van der Waals surface area contributed by atoms with Gasteiger partial charge in [-0.25, -0.2) is 13.4 Å². The van der Waals surface area contributed by atoms with Crippen LogP contribution in [0.4, 0.5) is 0 Å². The average molecular weight is 298 g/mol.